The molecule has 9 heteroatoms. The van der Waals surface area contributed by atoms with Crippen LogP contribution in [0.4, 0.5) is 0 Å². The van der Waals surface area contributed by atoms with Crippen molar-refractivity contribution < 1.29 is 14.1 Å². The summed E-state index contributed by atoms with van der Waals surface area (Å²) in [5.74, 6) is -1.18. The Balaban J connectivity index is 2.26. The number of furan rings is 1. The lowest BCUT2D eigenvalue weighted by Gasteiger charge is -2.29. The number of hydrogen-bond donors (Lipinski definition) is 3. The molecule has 21 heavy (non-hydrogen) atoms. The second-order valence-corrected chi connectivity index (χ2v) is 4.68. The van der Waals surface area contributed by atoms with Gasteiger partial charge >= 0.3 is 5.70 Å². The first kappa shape index (κ1) is 13.0. The molecule has 1 atom stereocenters. The lowest BCUT2D eigenvalue weighted by atomic mass is 9.89. The first-order valence-corrected chi connectivity index (χ1v) is 6.25. The number of nitrogens with zero attached hydrogens (tertiary/aromatic N) is 2. The molecule has 1 fully saturated rings. The average molecular weight is 291 g/mol. The SMILES string of the molecule is NC(=O)C1=C(N)N2CCNC2=C([N+](=O)[O-])C1c1ccco1. The van der Waals surface area contributed by atoms with Crippen molar-refractivity contribution in [2.75, 3.05) is 13.1 Å². The van der Waals surface area contributed by atoms with E-state index in [0.717, 1.165) is 0 Å². The number of carbonyl (C=O) groups is 1. The van der Waals surface area contributed by atoms with E-state index in [1.165, 1.54) is 11.2 Å². The number of nitrogens with one attached hydrogen (secondary N) is 1. The van der Waals surface area contributed by atoms with Gasteiger partial charge in [0.25, 0.3) is 0 Å². The number of nitro groups is 1. The third-order valence-corrected chi connectivity index (χ3v) is 3.56. The lowest BCUT2D eigenvalue weighted by Crippen LogP contribution is -2.39. The van der Waals surface area contributed by atoms with Crippen molar-refractivity contribution in [3.63, 3.8) is 0 Å². The molecule has 9 nitrogen and oxygen atoms in total. The zero-order valence-electron chi connectivity index (χ0n) is 10.9. The summed E-state index contributed by atoms with van der Waals surface area (Å²) in [6.45, 7) is 0.921. The molecule has 3 heterocycles. The van der Waals surface area contributed by atoms with Crippen molar-refractivity contribution in [3.05, 3.63) is 57.2 Å². The molecular weight excluding hydrogens is 278 g/mol. The Labute approximate surface area is 119 Å². The number of allylic oxidation sites excluding steroid dienone is 1. The van der Waals surface area contributed by atoms with Crippen LogP contribution in [0.5, 0.6) is 0 Å². The Morgan fingerprint density at radius 1 is 1.57 bits per heavy atom. The quantitative estimate of drug-likeness (QED) is 0.498. The van der Waals surface area contributed by atoms with Gasteiger partial charge in [-0.2, -0.15) is 0 Å². The first-order valence-electron chi connectivity index (χ1n) is 6.25. The molecule has 110 valence electrons. The second-order valence-electron chi connectivity index (χ2n) is 4.68. The highest BCUT2D eigenvalue weighted by molar-refractivity contribution is 5.95. The molecule has 2 aliphatic rings. The summed E-state index contributed by atoms with van der Waals surface area (Å²) < 4.78 is 5.25. The van der Waals surface area contributed by atoms with Gasteiger partial charge in [0.05, 0.1) is 16.8 Å². The van der Waals surface area contributed by atoms with Gasteiger partial charge in [0.1, 0.15) is 17.5 Å². The number of hydrogen-bond acceptors (Lipinski definition) is 7. The first-order chi connectivity index (χ1) is 10.0. The van der Waals surface area contributed by atoms with Crippen LogP contribution in [-0.4, -0.2) is 28.8 Å². The molecule has 0 aliphatic carbocycles. The third kappa shape index (κ3) is 1.82. The fourth-order valence-corrected chi connectivity index (χ4v) is 2.72. The van der Waals surface area contributed by atoms with Crippen LogP contribution in [0.25, 0.3) is 0 Å². The van der Waals surface area contributed by atoms with Crippen LogP contribution in [0.15, 0.2) is 45.7 Å². The van der Waals surface area contributed by atoms with E-state index in [0.29, 0.717) is 13.1 Å². The topological polar surface area (TPSA) is 141 Å². The van der Waals surface area contributed by atoms with Gasteiger partial charge in [-0.05, 0) is 12.1 Å². The van der Waals surface area contributed by atoms with Gasteiger partial charge in [0.15, 0.2) is 5.82 Å². The third-order valence-electron chi connectivity index (χ3n) is 3.56. The van der Waals surface area contributed by atoms with Crippen molar-refractivity contribution in [3.8, 4) is 0 Å². The van der Waals surface area contributed by atoms with Crippen molar-refractivity contribution >= 4 is 5.91 Å². The number of carbonyl (C=O) groups excluding carboxylic acids is 1. The summed E-state index contributed by atoms with van der Waals surface area (Å²) in [4.78, 5) is 24.2. The molecule has 2 aliphatic heterocycles. The molecule has 0 bridgehead atoms. The molecular formula is C12H13N5O4. The van der Waals surface area contributed by atoms with Crippen LogP contribution < -0.4 is 16.8 Å². The molecule has 0 saturated carbocycles. The van der Waals surface area contributed by atoms with Crippen molar-refractivity contribution in [2.45, 2.75) is 5.92 Å². The predicted octanol–water partition coefficient (Wildman–Crippen LogP) is -0.617. The van der Waals surface area contributed by atoms with Crippen LogP contribution in [0.3, 0.4) is 0 Å². The molecule has 1 aromatic rings. The summed E-state index contributed by atoms with van der Waals surface area (Å²) >= 11 is 0. The van der Waals surface area contributed by atoms with Crippen LogP contribution in [-0.2, 0) is 4.79 Å². The number of fused-ring (bicyclic) bond motifs is 1. The zero-order valence-corrected chi connectivity index (χ0v) is 10.9. The number of rotatable bonds is 3. The summed E-state index contributed by atoms with van der Waals surface area (Å²) in [7, 11) is 0. The largest absolute Gasteiger partial charge is 0.468 e. The Bertz CT molecular complexity index is 676. The van der Waals surface area contributed by atoms with Crippen LogP contribution in [0.1, 0.15) is 11.7 Å². The van der Waals surface area contributed by atoms with Gasteiger partial charge < -0.3 is 26.1 Å². The van der Waals surface area contributed by atoms with Gasteiger partial charge in [-0.15, -0.1) is 0 Å². The van der Waals surface area contributed by atoms with Gasteiger partial charge in [0.2, 0.25) is 5.91 Å². The van der Waals surface area contributed by atoms with Crippen molar-refractivity contribution in [1.29, 1.82) is 0 Å². The zero-order chi connectivity index (χ0) is 15.1. The van der Waals surface area contributed by atoms with E-state index in [-0.39, 0.29) is 28.7 Å². The summed E-state index contributed by atoms with van der Waals surface area (Å²) in [5.41, 5.74) is 11.2. The monoisotopic (exact) mass is 291 g/mol. The molecule has 0 spiro atoms. The van der Waals surface area contributed by atoms with Crippen molar-refractivity contribution in [2.24, 2.45) is 11.5 Å². The highest BCUT2D eigenvalue weighted by Gasteiger charge is 2.47. The standard InChI is InChI=1S/C12H13N5O4/c13-10-8(11(14)18)7(6-2-1-5-21-6)9(17(19)20)12-15-3-4-16(10)12/h1-2,5,7,15H,3-4,13H2,(H2,14,18). The molecule has 0 radical (unpaired) electrons. The maximum atomic E-state index is 11.8. The Kier molecular flexibility index (Phi) is 2.82. The molecule has 1 unspecified atom stereocenters. The Morgan fingerprint density at radius 2 is 2.33 bits per heavy atom. The number of nitrogens with two attached hydrogens (primary N) is 2. The molecule has 1 amide bonds. The summed E-state index contributed by atoms with van der Waals surface area (Å²) in [5, 5.41) is 14.4. The van der Waals surface area contributed by atoms with Crippen LogP contribution in [0.2, 0.25) is 0 Å². The lowest BCUT2D eigenvalue weighted by molar-refractivity contribution is -0.432. The smallest absolute Gasteiger partial charge is 0.301 e. The number of amides is 1. The van der Waals surface area contributed by atoms with E-state index < -0.39 is 16.7 Å². The average Bonchev–Trinajstić information content (AvgIpc) is 3.08. The van der Waals surface area contributed by atoms with E-state index >= 15 is 0 Å². The molecule has 3 rings (SSSR count). The highest BCUT2D eigenvalue weighted by atomic mass is 16.6. The summed E-state index contributed by atoms with van der Waals surface area (Å²) in [6, 6.07) is 3.14. The van der Waals surface area contributed by atoms with E-state index in [9.17, 15) is 14.9 Å². The maximum absolute atomic E-state index is 11.8. The summed E-state index contributed by atoms with van der Waals surface area (Å²) in [6.07, 6.45) is 1.38. The van der Waals surface area contributed by atoms with E-state index in [2.05, 4.69) is 5.32 Å². The van der Waals surface area contributed by atoms with Gasteiger partial charge in [-0.1, -0.05) is 0 Å². The molecule has 1 saturated heterocycles. The fraction of sp³-hybridized carbons (Fsp3) is 0.250. The maximum Gasteiger partial charge on any atom is 0.301 e. The minimum Gasteiger partial charge on any atom is -0.468 e. The highest BCUT2D eigenvalue weighted by Crippen LogP contribution is 2.40. The Hall–Kier alpha value is -2.97. The fourth-order valence-electron chi connectivity index (χ4n) is 2.72. The molecule has 0 aromatic carbocycles. The normalized spacial score (nSPS) is 21.3. The predicted molar refractivity (Wildman–Crippen MR) is 70.6 cm³/mol. The van der Waals surface area contributed by atoms with Gasteiger partial charge in [-0.25, -0.2) is 0 Å². The minimum atomic E-state index is -1.02. The van der Waals surface area contributed by atoms with Crippen LogP contribution in [0, 0.1) is 10.1 Å². The van der Waals surface area contributed by atoms with E-state index in [1.54, 1.807) is 12.1 Å². The van der Waals surface area contributed by atoms with Crippen LogP contribution >= 0.6 is 0 Å². The van der Waals surface area contributed by atoms with E-state index in [4.69, 9.17) is 15.9 Å². The minimum absolute atomic E-state index is 0.0240. The van der Waals surface area contributed by atoms with Crippen molar-refractivity contribution in [1.82, 2.24) is 10.2 Å². The molecule has 5 N–H and O–H groups in total. The van der Waals surface area contributed by atoms with Gasteiger partial charge in [0, 0.05) is 13.1 Å². The number of primary amides is 1. The molecule has 1 aromatic heterocycles. The Morgan fingerprint density at radius 3 is 2.90 bits per heavy atom. The van der Waals surface area contributed by atoms with Gasteiger partial charge in [-0.3, -0.25) is 14.9 Å². The second kappa shape index (κ2) is 4.54. The van der Waals surface area contributed by atoms with E-state index in [1.807, 2.05) is 0 Å².